The Balaban J connectivity index is 1.66. The minimum absolute atomic E-state index is 0.187. The Morgan fingerprint density at radius 3 is 2.76 bits per heavy atom. The van der Waals surface area contributed by atoms with E-state index >= 15 is 0 Å². The molecule has 2 atom stereocenters. The first-order chi connectivity index (χ1) is 10.1. The molecule has 2 heterocycles. The molecule has 1 aromatic heterocycles. The van der Waals surface area contributed by atoms with Crippen LogP contribution in [0.5, 0.6) is 0 Å². The van der Waals surface area contributed by atoms with Crippen LogP contribution in [-0.4, -0.2) is 34.0 Å². The first kappa shape index (κ1) is 15.0. The fourth-order valence-corrected chi connectivity index (χ4v) is 4.66. The SMILES string of the molecule is Cc1nc(CN2C[C@H](C(=O)O)[C@@H](C3CCCCC3)C2)cs1. The van der Waals surface area contributed by atoms with Gasteiger partial charge in [0.15, 0.2) is 0 Å². The molecule has 116 valence electrons. The highest BCUT2D eigenvalue weighted by atomic mass is 32.1. The van der Waals surface area contributed by atoms with Crippen molar-refractivity contribution in [1.82, 2.24) is 9.88 Å². The van der Waals surface area contributed by atoms with E-state index in [2.05, 4.69) is 15.3 Å². The van der Waals surface area contributed by atoms with Crippen molar-refractivity contribution in [2.75, 3.05) is 13.1 Å². The number of aryl methyl sites for hydroxylation is 1. The van der Waals surface area contributed by atoms with Gasteiger partial charge >= 0.3 is 5.97 Å². The quantitative estimate of drug-likeness (QED) is 0.928. The number of hydrogen-bond donors (Lipinski definition) is 1. The third-order valence-electron chi connectivity index (χ3n) is 5.07. The summed E-state index contributed by atoms with van der Waals surface area (Å²) in [5.41, 5.74) is 1.09. The number of aromatic nitrogens is 1. The van der Waals surface area contributed by atoms with Crippen molar-refractivity contribution in [2.24, 2.45) is 17.8 Å². The first-order valence-electron chi connectivity index (χ1n) is 7.99. The molecule has 1 aliphatic carbocycles. The molecule has 2 aliphatic rings. The molecule has 3 rings (SSSR count). The average molecular weight is 308 g/mol. The fourth-order valence-electron chi connectivity index (χ4n) is 4.05. The molecule has 1 aromatic rings. The smallest absolute Gasteiger partial charge is 0.308 e. The summed E-state index contributed by atoms with van der Waals surface area (Å²) in [6.07, 6.45) is 6.32. The number of rotatable bonds is 4. The highest BCUT2D eigenvalue weighted by molar-refractivity contribution is 7.09. The minimum Gasteiger partial charge on any atom is -0.481 e. The van der Waals surface area contributed by atoms with Gasteiger partial charge in [0.1, 0.15) is 0 Å². The average Bonchev–Trinajstić information content (AvgIpc) is 3.07. The van der Waals surface area contributed by atoms with Gasteiger partial charge in [-0.2, -0.15) is 0 Å². The van der Waals surface area contributed by atoms with Gasteiger partial charge in [0.2, 0.25) is 0 Å². The van der Waals surface area contributed by atoms with Crippen LogP contribution in [0.25, 0.3) is 0 Å². The Kier molecular flexibility index (Phi) is 4.60. The summed E-state index contributed by atoms with van der Waals surface area (Å²) in [6.45, 7) is 4.44. The van der Waals surface area contributed by atoms with Gasteiger partial charge in [-0.25, -0.2) is 4.98 Å². The number of carbonyl (C=O) groups is 1. The van der Waals surface area contributed by atoms with Crippen LogP contribution in [0.15, 0.2) is 5.38 Å². The molecule has 2 fully saturated rings. The summed E-state index contributed by atoms with van der Waals surface area (Å²) < 4.78 is 0. The molecule has 1 saturated carbocycles. The lowest BCUT2D eigenvalue weighted by Crippen LogP contribution is -2.29. The second kappa shape index (κ2) is 6.44. The number of hydrogen-bond acceptors (Lipinski definition) is 4. The van der Waals surface area contributed by atoms with Crippen LogP contribution in [0.2, 0.25) is 0 Å². The maximum atomic E-state index is 11.6. The zero-order valence-electron chi connectivity index (χ0n) is 12.6. The number of aliphatic carboxylic acids is 1. The Labute approximate surface area is 130 Å². The number of carboxylic acids is 1. The van der Waals surface area contributed by atoms with E-state index in [1.807, 2.05) is 6.92 Å². The van der Waals surface area contributed by atoms with Crippen molar-refractivity contribution in [2.45, 2.75) is 45.6 Å². The lowest BCUT2D eigenvalue weighted by atomic mass is 9.75. The standard InChI is InChI=1S/C16H24N2O2S/c1-11-17-13(10-21-11)7-18-8-14(15(9-18)16(19)20)12-5-3-2-4-6-12/h10,12,14-15H,2-9H2,1H3,(H,19,20)/t14-,15+/m1/s1. The van der Waals surface area contributed by atoms with Gasteiger partial charge in [-0.15, -0.1) is 11.3 Å². The molecule has 0 aromatic carbocycles. The van der Waals surface area contributed by atoms with Gasteiger partial charge in [0.25, 0.3) is 0 Å². The molecule has 0 radical (unpaired) electrons. The summed E-state index contributed by atoms with van der Waals surface area (Å²) >= 11 is 1.67. The zero-order valence-corrected chi connectivity index (χ0v) is 13.4. The maximum absolute atomic E-state index is 11.6. The third kappa shape index (κ3) is 3.46. The van der Waals surface area contributed by atoms with Crippen LogP contribution in [0.1, 0.15) is 42.8 Å². The van der Waals surface area contributed by atoms with Crippen LogP contribution < -0.4 is 0 Å². The number of carboxylic acid groups (broad SMARTS) is 1. The topological polar surface area (TPSA) is 53.4 Å². The maximum Gasteiger partial charge on any atom is 0.308 e. The lowest BCUT2D eigenvalue weighted by Gasteiger charge is -2.29. The molecule has 5 heteroatoms. The van der Waals surface area contributed by atoms with E-state index in [9.17, 15) is 9.90 Å². The predicted molar refractivity (Wildman–Crippen MR) is 83.3 cm³/mol. The van der Waals surface area contributed by atoms with Crippen molar-refractivity contribution < 1.29 is 9.90 Å². The Hall–Kier alpha value is -0.940. The van der Waals surface area contributed by atoms with Gasteiger partial charge in [-0.1, -0.05) is 32.1 Å². The van der Waals surface area contributed by atoms with Gasteiger partial charge in [0, 0.05) is 25.0 Å². The van der Waals surface area contributed by atoms with Crippen LogP contribution >= 0.6 is 11.3 Å². The van der Waals surface area contributed by atoms with Crippen LogP contribution in [0, 0.1) is 24.7 Å². The zero-order chi connectivity index (χ0) is 14.8. The van der Waals surface area contributed by atoms with E-state index < -0.39 is 5.97 Å². The molecule has 21 heavy (non-hydrogen) atoms. The number of nitrogens with zero attached hydrogens (tertiary/aromatic N) is 2. The molecule has 1 N–H and O–H groups in total. The van der Waals surface area contributed by atoms with Gasteiger partial charge < -0.3 is 5.11 Å². The van der Waals surface area contributed by atoms with Crippen LogP contribution in [0.3, 0.4) is 0 Å². The Morgan fingerprint density at radius 1 is 1.38 bits per heavy atom. The lowest BCUT2D eigenvalue weighted by molar-refractivity contribution is -0.143. The van der Waals surface area contributed by atoms with Gasteiger partial charge in [0.05, 0.1) is 16.6 Å². The van der Waals surface area contributed by atoms with Crippen molar-refractivity contribution in [3.63, 3.8) is 0 Å². The van der Waals surface area contributed by atoms with E-state index in [1.54, 1.807) is 11.3 Å². The monoisotopic (exact) mass is 308 g/mol. The summed E-state index contributed by atoms with van der Waals surface area (Å²) in [6, 6.07) is 0. The molecular weight excluding hydrogens is 284 g/mol. The molecular formula is C16H24N2O2S. The third-order valence-corrected chi connectivity index (χ3v) is 5.89. The molecule has 4 nitrogen and oxygen atoms in total. The number of thiazole rings is 1. The molecule has 1 aliphatic heterocycles. The highest BCUT2D eigenvalue weighted by Gasteiger charge is 2.41. The summed E-state index contributed by atoms with van der Waals surface area (Å²) in [5.74, 6) is 0.153. The normalized spacial score (nSPS) is 28.0. The van der Waals surface area contributed by atoms with E-state index in [4.69, 9.17) is 0 Å². The Morgan fingerprint density at radius 2 is 2.14 bits per heavy atom. The van der Waals surface area contributed by atoms with E-state index in [0.717, 1.165) is 23.8 Å². The Bertz CT molecular complexity index is 496. The predicted octanol–water partition coefficient (Wildman–Crippen LogP) is 3.16. The minimum atomic E-state index is -0.609. The van der Waals surface area contributed by atoms with Gasteiger partial charge in [-0.05, 0) is 18.8 Å². The highest BCUT2D eigenvalue weighted by Crippen LogP contribution is 2.38. The molecule has 0 unspecified atom stereocenters. The van der Waals surface area contributed by atoms with Crippen LogP contribution in [0.4, 0.5) is 0 Å². The second-order valence-corrected chi connectivity index (χ2v) is 7.62. The number of likely N-dealkylation sites (tertiary alicyclic amines) is 1. The largest absolute Gasteiger partial charge is 0.481 e. The van der Waals surface area contributed by atoms with Crippen molar-refractivity contribution in [3.8, 4) is 0 Å². The van der Waals surface area contributed by atoms with E-state index in [0.29, 0.717) is 18.4 Å². The molecule has 1 saturated heterocycles. The molecule has 0 amide bonds. The van der Waals surface area contributed by atoms with Crippen molar-refractivity contribution in [3.05, 3.63) is 16.1 Å². The second-order valence-electron chi connectivity index (χ2n) is 6.56. The van der Waals surface area contributed by atoms with Crippen LogP contribution in [-0.2, 0) is 11.3 Å². The van der Waals surface area contributed by atoms with Crippen molar-refractivity contribution >= 4 is 17.3 Å². The summed E-state index contributed by atoms with van der Waals surface area (Å²) in [5, 5.41) is 12.7. The van der Waals surface area contributed by atoms with E-state index in [-0.39, 0.29) is 5.92 Å². The summed E-state index contributed by atoms with van der Waals surface area (Å²) in [7, 11) is 0. The van der Waals surface area contributed by atoms with Gasteiger partial charge in [-0.3, -0.25) is 9.69 Å². The summed E-state index contributed by atoms with van der Waals surface area (Å²) in [4.78, 5) is 18.4. The molecule has 0 spiro atoms. The first-order valence-corrected chi connectivity index (χ1v) is 8.87. The fraction of sp³-hybridized carbons (Fsp3) is 0.750. The molecule has 0 bridgehead atoms. The van der Waals surface area contributed by atoms with E-state index in [1.165, 1.54) is 32.1 Å². The van der Waals surface area contributed by atoms with Crippen molar-refractivity contribution in [1.29, 1.82) is 0 Å².